The maximum absolute atomic E-state index is 14.9. The highest BCUT2D eigenvalue weighted by molar-refractivity contribution is 6.04. The summed E-state index contributed by atoms with van der Waals surface area (Å²) in [5.74, 6) is 11.5. The van der Waals surface area contributed by atoms with Gasteiger partial charge in [0.15, 0.2) is 10.8 Å². The number of carbonyl (C=O) groups excluding carboxylic acids is 4. The van der Waals surface area contributed by atoms with Crippen LogP contribution in [-0.4, -0.2) is 48.3 Å². The average Bonchev–Trinajstić information content (AvgIpc) is 4.26. The first-order valence-electron chi connectivity index (χ1n) is 26.1. The van der Waals surface area contributed by atoms with Crippen LogP contribution in [0.5, 0.6) is 0 Å². The molecule has 0 spiro atoms. The topological polar surface area (TPSA) is 114 Å². The minimum atomic E-state index is -1.77. The number of hydrogen-bond donors (Lipinski definition) is 0. The van der Waals surface area contributed by atoms with Gasteiger partial charge in [0.25, 0.3) is 0 Å². The molecule has 4 aliphatic rings. The molecular formula is C66H62O9. The Bertz CT molecular complexity index is 3150. The van der Waals surface area contributed by atoms with Gasteiger partial charge in [0.1, 0.15) is 11.2 Å². The molecule has 9 heteroatoms. The molecule has 75 heavy (non-hydrogen) atoms. The van der Waals surface area contributed by atoms with Crippen molar-refractivity contribution in [3.05, 3.63) is 188 Å². The first kappa shape index (κ1) is 50.8. The van der Waals surface area contributed by atoms with E-state index in [1.165, 1.54) is 0 Å². The Morgan fingerprint density at radius 3 is 0.973 bits per heavy atom. The Morgan fingerprint density at radius 2 is 0.680 bits per heavy atom. The van der Waals surface area contributed by atoms with Gasteiger partial charge in [-0.05, 0) is 138 Å². The molecule has 2 atom stereocenters. The predicted octanol–water partition coefficient (Wildman–Crippen LogP) is 11.7. The molecule has 2 aliphatic heterocycles. The van der Waals surface area contributed by atoms with E-state index in [0.29, 0.717) is 11.1 Å². The second-order valence-electron chi connectivity index (χ2n) is 21.7. The molecule has 10 rings (SSSR count). The Hall–Kier alpha value is -7.72. The lowest BCUT2D eigenvalue weighted by Crippen LogP contribution is -2.44. The SMILES string of the molecule is CC(C)OC(=O)C1(C(=O)OC(C)C)Cc2c(C#Cc3ccccc3)c(-c3ccccc3)c3c(c2C1)[C@@]1(C)O[C@]3(C)c2c3c(c(C#Cc4ccccc4)c(-c4ccccc4)c21)CC(C(=O)OC(C)C)(C(=O)OC(C)C)C3. The van der Waals surface area contributed by atoms with Crippen LogP contribution < -0.4 is 0 Å². The monoisotopic (exact) mass is 998 g/mol. The normalized spacial score (nSPS) is 18.8. The minimum absolute atomic E-state index is 0.0347. The summed E-state index contributed by atoms with van der Waals surface area (Å²) in [5.41, 5.74) is 6.25. The van der Waals surface area contributed by atoms with Gasteiger partial charge in [0, 0.05) is 70.2 Å². The standard InChI is InChI=1S/C66H62O9/c1-39(2)71-59(67)65(60(68)72-40(3)4)35-49-47(33-31-43-23-15-11-16-24-43)53(45-27-19-13-20-28-45)57-55(51(49)37-65)63(9)58-54(46-29-21-14-22-30-46)48(34-32-44-25-17-12-18-26-44)50-36-66(61(69)73-41(5)6,62(70)74-42(7)8)38-52(50)56(58)64(57,10)75-63/h11-30,39-42H,35-38H2,1-10H3/t63-,64-/m1/s1. The van der Waals surface area contributed by atoms with Crippen molar-refractivity contribution in [1.29, 1.82) is 0 Å². The highest BCUT2D eigenvalue weighted by Gasteiger charge is 2.67. The summed E-state index contributed by atoms with van der Waals surface area (Å²) in [6.07, 6.45) is -2.25. The van der Waals surface area contributed by atoms with E-state index in [0.717, 1.165) is 77.9 Å². The van der Waals surface area contributed by atoms with Gasteiger partial charge in [-0.15, -0.1) is 0 Å². The number of carbonyl (C=O) groups is 4. The summed E-state index contributed by atoms with van der Waals surface area (Å²) >= 11 is 0. The molecule has 2 aliphatic carbocycles. The molecule has 9 nitrogen and oxygen atoms in total. The van der Waals surface area contributed by atoms with Gasteiger partial charge in [0.05, 0.1) is 24.4 Å². The predicted molar refractivity (Wildman–Crippen MR) is 287 cm³/mol. The lowest BCUT2D eigenvalue weighted by Gasteiger charge is -2.35. The Morgan fingerprint density at radius 1 is 0.400 bits per heavy atom. The van der Waals surface area contributed by atoms with E-state index in [9.17, 15) is 19.2 Å². The van der Waals surface area contributed by atoms with Crippen molar-refractivity contribution >= 4 is 23.9 Å². The van der Waals surface area contributed by atoms with Gasteiger partial charge >= 0.3 is 23.9 Å². The van der Waals surface area contributed by atoms with Crippen LogP contribution in [0.15, 0.2) is 121 Å². The third-order valence-corrected chi connectivity index (χ3v) is 14.9. The maximum Gasteiger partial charge on any atom is 0.324 e. The van der Waals surface area contributed by atoms with Crippen molar-refractivity contribution < 1.29 is 42.9 Å². The molecule has 6 aromatic rings. The third kappa shape index (κ3) is 8.43. The van der Waals surface area contributed by atoms with E-state index in [1.54, 1.807) is 55.4 Å². The van der Waals surface area contributed by atoms with Crippen molar-refractivity contribution in [2.24, 2.45) is 10.8 Å². The molecule has 0 amide bonds. The lowest BCUT2D eigenvalue weighted by molar-refractivity contribution is -0.178. The van der Waals surface area contributed by atoms with Gasteiger partial charge in [-0.25, -0.2) is 0 Å². The van der Waals surface area contributed by atoms with Gasteiger partial charge in [-0.1, -0.05) is 121 Å². The zero-order valence-electron chi connectivity index (χ0n) is 44.4. The van der Waals surface area contributed by atoms with Crippen LogP contribution in [0, 0.1) is 34.5 Å². The summed E-state index contributed by atoms with van der Waals surface area (Å²) in [4.78, 5) is 59.8. The number of fused-ring (bicyclic) bond motifs is 12. The van der Waals surface area contributed by atoms with Gasteiger partial charge in [-0.2, -0.15) is 0 Å². The van der Waals surface area contributed by atoms with Gasteiger partial charge < -0.3 is 23.7 Å². The molecule has 0 unspecified atom stereocenters. The number of ether oxygens (including phenoxy) is 5. The summed E-state index contributed by atoms with van der Waals surface area (Å²) in [6, 6.07) is 39.5. The maximum atomic E-state index is 14.9. The smallest absolute Gasteiger partial charge is 0.324 e. The molecule has 380 valence electrons. The number of hydrogen-bond acceptors (Lipinski definition) is 9. The summed E-state index contributed by atoms with van der Waals surface area (Å²) in [6.45, 7) is 18.3. The van der Waals surface area contributed by atoms with E-state index in [4.69, 9.17) is 23.7 Å². The molecule has 0 fully saturated rings. The number of benzene rings is 6. The molecule has 0 saturated heterocycles. The second kappa shape index (κ2) is 19.2. The second-order valence-corrected chi connectivity index (χ2v) is 21.7. The fourth-order valence-corrected chi connectivity index (χ4v) is 12.1. The number of rotatable bonds is 10. The third-order valence-electron chi connectivity index (χ3n) is 14.9. The zero-order valence-corrected chi connectivity index (χ0v) is 44.4. The van der Waals surface area contributed by atoms with Crippen molar-refractivity contribution in [3.63, 3.8) is 0 Å². The largest absolute Gasteiger partial charge is 0.462 e. The van der Waals surface area contributed by atoms with Crippen LogP contribution in [-0.2, 0) is 79.7 Å². The Kier molecular flexibility index (Phi) is 13.0. The van der Waals surface area contributed by atoms with Crippen LogP contribution >= 0.6 is 0 Å². The van der Waals surface area contributed by atoms with E-state index < -0.39 is 70.3 Å². The van der Waals surface area contributed by atoms with E-state index >= 15 is 0 Å². The summed E-state index contributed by atoms with van der Waals surface area (Å²) in [5, 5.41) is 0. The van der Waals surface area contributed by atoms with Crippen molar-refractivity contribution in [2.75, 3.05) is 0 Å². The fraction of sp³-hybridized carbons (Fsp3) is 0.333. The Balaban J connectivity index is 1.37. The van der Waals surface area contributed by atoms with Crippen molar-refractivity contribution in [1.82, 2.24) is 0 Å². The van der Waals surface area contributed by atoms with Crippen LogP contribution in [0.3, 0.4) is 0 Å². The van der Waals surface area contributed by atoms with Crippen LogP contribution in [0.25, 0.3) is 22.3 Å². The average molecular weight is 999 g/mol. The highest BCUT2D eigenvalue weighted by atomic mass is 16.6. The van der Waals surface area contributed by atoms with Crippen LogP contribution in [0.2, 0.25) is 0 Å². The Labute approximate surface area is 440 Å². The minimum Gasteiger partial charge on any atom is -0.462 e. The molecule has 0 saturated carbocycles. The quantitative estimate of drug-likeness (QED) is 0.0573. The molecule has 0 aromatic heterocycles. The molecule has 6 aromatic carbocycles. The van der Waals surface area contributed by atoms with Gasteiger partial charge in [0.2, 0.25) is 0 Å². The highest BCUT2D eigenvalue weighted by Crippen LogP contribution is 2.70. The van der Waals surface area contributed by atoms with Crippen molar-refractivity contribution in [3.8, 4) is 45.9 Å². The molecule has 0 radical (unpaired) electrons. The summed E-state index contributed by atoms with van der Waals surface area (Å²) in [7, 11) is 0. The van der Waals surface area contributed by atoms with Gasteiger partial charge in [-0.3, -0.25) is 19.2 Å². The molecule has 2 bridgehead atoms. The van der Waals surface area contributed by atoms with E-state index in [-0.39, 0.29) is 25.7 Å². The molecular weight excluding hydrogens is 937 g/mol. The molecule has 0 N–H and O–H groups in total. The summed E-state index contributed by atoms with van der Waals surface area (Å²) < 4.78 is 32.1. The van der Waals surface area contributed by atoms with E-state index in [2.05, 4.69) is 37.5 Å². The molecule has 2 heterocycles. The number of esters is 4. The first-order valence-corrected chi connectivity index (χ1v) is 26.1. The van der Waals surface area contributed by atoms with E-state index in [1.807, 2.05) is 121 Å². The lowest BCUT2D eigenvalue weighted by atomic mass is 9.64. The van der Waals surface area contributed by atoms with Crippen LogP contribution in [0.1, 0.15) is 136 Å². The fourth-order valence-electron chi connectivity index (χ4n) is 12.1. The van der Waals surface area contributed by atoms with Crippen molar-refractivity contribution in [2.45, 2.75) is 131 Å². The first-order chi connectivity index (χ1) is 35.8. The zero-order chi connectivity index (χ0) is 53.2. The van der Waals surface area contributed by atoms with Crippen LogP contribution in [0.4, 0.5) is 0 Å².